The number of aliphatic hydroxyl groups is 1. The summed E-state index contributed by atoms with van der Waals surface area (Å²) >= 11 is 1.52. The number of hydrogen-bond acceptors (Lipinski definition) is 6. The van der Waals surface area contributed by atoms with Crippen molar-refractivity contribution in [2.45, 2.75) is 5.75 Å². The van der Waals surface area contributed by atoms with Crippen LogP contribution >= 0.6 is 11.8 Å². The molecule has 0 atom stereocenters. The second-order valence-corrected chi connectivity index (χ2v) is 4.13. The quantitative estimate of drug-likeness (QED) is 0.299. The first-order valence-electron chi connectivity index (χ1n) is 4.61. The molecule has 7 heteroatoms. The number of nitrogen functional groups attached to an aromatic ring is 1. The molecule has 0 saturated carbocycles. The first-order valence-corrected chi connectivity index (χ1v) is 5.77. The van der Waals surface area contributed by atoms with Crippen molar-refractivity contribution < 1.29 is 10.0 Å². The highest BCUT2D eigenvalue weighted by molar-refractivity contribution is 7.98. The lowest BCUT2D eigenvalue weighted by molar-refractivity contribution is -0.384. The Morgan fingerprint density at radius 1 is 1.56 bits per heavy atom. The maximum atomic E-state index is 10.7. The molecule has 0 bridgehead atoms. The maximum Gasteiger partial charge on any atom is 0.293 e. The van der Waals surface area contributed by atoms with Gasteiger partial charge in [0.2, 0.25) is 0 Å². The average molecular weight is 243 g/mol. The SMILES string of the molecule is NNc1ccc(CSCCO)cc1[N+](=O)[O-]. The normalized spacial score (nSPS) is 10.1. The Labute approximate surface area is 97.0 Å². The molecule has 0 aromatic heterocycles. The Bertz CT molecular complexity index is 373. The summed E-state index contributed by atoms with van der Waals surface area (Å²) in [6.45, 7) is 0.106. The number of aliphatic hydroxyl groups excluding tert-OH is 1. The van der Waals surface area contributed by atoms with Crippen LogP contribution in [0.5, 0.6) is 0 Å². The van der Waals surface area contributed by atoms with Gasteiger partial charge < -0.3 is 10.5 Å². The molecule has 1 aromatic carbocycles. The van der Waals surface area contributed by atoms with Gasteiger partial charge in [-0.1, -0.05) is 6.07 Å². The van der Waals surface area contributed by atoms with Gasteiger partial charge in [0.15, 0.2) is 0 Å². The van der Waals surface area contributed by atoms with Gasteiger partial charge in [-0.25, -0.2) is 0 Å². The number of nitrogens with two attached hydrogens (primary N) is 1. The van der Waals surface area contributed by atoms with E-state index < -0.39 is 4.92 Å². The van der Waals surface area contributed by atoms with E-state index in [2.05, 4.69) is 5.43 Å². The summed E-state index contributed by atoms with van der Waals surface area (Å²) in [6, 6.07) is 4.83. The third-order valence-corrected chi connectivity index (χ3v) is 2.93. The molecule has 1 rings (SSSR count). The van der Waals surface area contributed by atoms with Crippen LogP contribution in [0, 0.1) is 10.1 Å². The van der Waals surface area contributed by atoms with Gasteiger partial charge >= 0.3 is 0 Å². The van der Waals surface area contributed by atoms with E-state index in [-0.39, 0.29) is 12.3 Å². The molecule has 16 heavy (non-hydrogen) atoms. The molecule has 6 nitrogen and oxygen atoms in total. The molecule has 0 spiro atoms. The first-order chi connectivity index (χ1) is 7.69. The van der Waals surface area contributed by atoms with Crippen LogP contribution in [0.1, 0.15) is 5.56 Å². The zero-order valence-corrected chi connectivity index (χ0v) is 9.37. The van der Waals surface area contributed by atoms with Crippen LogP contribution in [0.25, 0.3) is 0 Å². The van der Waals surface area contributed by atoms with Crippen LogP contribution in [-0.4, -0.2) is 22.4 Å². The molecular formula is C9H13N3O3S. The highest BCUT2D eigenvalue weighted by Gasteiger charge is 2.13. The van der Waals surface area contributed by atoms with Gasteiger partial charge in [0.05, 0.1) is 11.5 Å². The molecule has 0 saturated heterocycles. The number of rotatable bonds is 6. The molecule has 0 aliphatic carbocycles. The first kappa shape index (κ1) is 12.8. The second-order valence-electron chi connectivity index (χ2n) is 3.03. The van der Waals surface area contributed by atoms with Crippen LogP contribution in [0.3, 0.4) is 0 Å². The van der Waals surface area contributed by atoms with Crippen LogP contribution < -0.4 is 11.3 Å². The van der Waals surface area contributed by atoms with Crippen LogP contribution in [0.2, 0.25) is 0 Å². The fourth-order valence-electron chi connectivity index (χ4n) is 1.19. The van der Waals surface area contributed by atoms with Crippen molar-refractivity contribution in [3.05, 3.63) is 33.9 Å². The zero-order chi connectivity index (χ0) is 12.0. The van der Waals surface area contributed by atoms with Crippen molar-refractivity contribution in [1.29, 1.82) is 0 Å². The third kappa shape index (κ3) is 3.37. The number of nitro groups is 1. The summed E-state index contributed by atoms with van der Waals surface area (Å²) in [4.78, 5) is 10.2. The highest BCUT2D eigenvalue weighted by Crippen LogP contribution is 2.26. The fraction of sp³-hybridized carbons (Fsp3) is 0.333. The van der Waals surface area contributed by atoms with E-state index in [1.807, 2.05) is 0 Å². The molecule has 0 aliphatic heterocycles. The second kappa shape index (κ2) is 6.31. The van der Waals surface area contributed by atoms with Gasteiger partial charge in [-0.2, -0.15) is 11.8 Å². The molecule has 0 amide bonds. The van der Waals surface area contributed by atoms with Crippen molar-refractivity contribution in [3.8, 4) is 0 Å². The lowest BCUT2D eigenvalue weighted by Crippen LogP contribution is -2.09. The van der Waals surface area contributed by atoms with Crippen molar-refractivity contribution >= 4 is 23.1 Å². The van der Waals surface area contributed by atoms with E-state index in [9.17, 15) is 10.1 Å². The van der Waals surface area contributed by atoms with E-state index in [1.165, 1.54) is 17.8 Å². The minimum Gasteiger partial charge on any atom is -0.396 e. The molecule has 0 unspecified atom stereocenters. The molecular weight excluding hydrogens is 230 g/mol. The monoisotopic (exact) mass is 243 g/mol. The number of anilines is 1. The number of nitrogens with one attached hydrogen (secondary N) is 1. The molecule has 0 fully saturated rings. The van der Waals surface area contributed by atoms with Gasteiger partial charge in [0.25, 0.3) is 5.69 Å². The van der Waals surface area contributed by atoms with Crippen molar-refractivity contribution in [2.24, 2.45) is 5.84 Å². The van der Waals surface area contributed by atoms with Crippen molar-refractivity contribution in [1.82, 2.24) is 0 Å². The van der Waals surface area contributed by atoms with E-state index in [0.29, 0.717) is 17.2 Å². The molecule has 1 aromatic rings. The average Bonchev–Trinajstić information content (AvgIpc) is 2.29. The van der Waals surface area contributed by atoms with Gasteiger partial charge in [-0.15, -0.1) is 0 Å². The van der Waals surface area contributed by atoms with Gasteiger partial charge in [0, 0.05) is 17.6 Å². The molecule has 88 valence electrons. The van der Waals surface area contributed by atoms with Gasteiger partial charge in [-0.05, 0) is 11.6 Å². The smallest absolute Gasteiger partial charge is 0.293 e. The summed E-state index contributed by atoms with van der Waals surface area (Å²) in [5.74, 6) is 6.41. The van der Waals surface area contributed by atoms with E-state index >= 15 is 0 Å². The predicted molar refractivity (Wildman–Crippen MR) is 64.2 cm³/mol. The Balaban J connectivity index is 2.81. The number of hydrogen-bond donors (Lipinski definition) is 3. The Hall–Kier alpha value is -1.31. The zero-order valence-electron chi connectivity index (χ0n) is 8.55. The largest absolute Gasteiger partial charge is 0.396 e. The number of benzene rings is 1. The number of nitrogens with zero attached hydrogens (tertiary/aromatic N) is 1. The number of thioether (sulfide) groups is 1. The van der Waals surface area contributed by atoms with Gasteiger partial charge in [-0.3, -0.25) is 16.0 Å². The van der Waals surface area contributed by atoms with E-state index in [0.717, 1.165) is 5.56 Å². The summed E-state index contributed by atoms with van der Waals surface area (Å²) in [6.07, 6.45) is 0. The third-order valence-electron chi connectivity index (χ3n) is 1.92. The van der Waals surface area contributed by atoms with E-state index in [1.54, 1.807) is 12.1 Å². The summed E-state index contributed by atoms with van der Waals surface area (Å²) < 4.78 is 0. The molecule has 4 N–H and O–H groups in total. The molecule has 0 heterocycles. The van der Waals surface area contributed by atoms with Crippen LogP contribution in [0.15, 0.2) is 18.2 Å². The Kier molecular flexibility index (Phi) is 5.03. The lowest BCUT2D eigenvalue weighted by Gasteiger charge is -2.04. The highest BCUT2D eigenvalue weighted by atomic mass is 32.2. The standard InChI is InChI=1S/C9H13N3O3S/c10-11-8-2-1-7(6-16-4-3-13)5-9(8)12(14)15/h1-2,5,11,13H,3-4,6,10H2. The maximum absolute atomic E-state index is 10.7. The lowest BCUT2D eigenvalue weighted by atomic mass is 10.2. The van der Waals surface area contributed by atoms with Crippen LogP contribution in [0.4, 0.5) is 11.4 Å². The molecule has 0 radical (unpaired) electrons. The van der Waals surface area contributed by atoms with E-state index in [4.69, 9.17) is 10.9 Å². The summed E-state index contributed by atoms with van der Waals surface area (Å²) in [7, 11) is 0. The summed E-state index contributed by atoms with van der Waals surface area (Å²) in [5, 5.41) is 19.3. The van der Waals surface area contributed by atoms with Crippen molar-refractivity contribution in [2.75, 3.05) is 17.8 Å². The molecule has 0 aliphatic rings. The Morgan fingerprint density at radius 2 is 2.31 bits per heavy atom. The fourth-order valence-corrected chi connectivity index (χ4v) is 1.88. The number of nitro benzene ring substituents is 1. The number of hydrazine groups is 1. The predicted octanol–water partition coefficient (Wildman–Crippen LogP) is 1.11. The summed E-state index contributed by atoms with van der Waals surface area (Å²) in [5.41, 5.74) is 3.38. The van der Waals surface area contributed by atoms with Crippen LogP contribution in [-0.2, 0) is 5.75 Å². The topological polar surface area (TPSA) is 101 Å². The minimum absolute atomic E-state index is 0.0374. The minimum atomic E-state index is -0.477. The van der Waals surface area contributed by atoms with Crippen molar-refractivity contribution in [3.63, 3.8) is 0 Å². The van der Waals surface area contributed by atoms with Gasteiger partial charge in [0.1, 0.15) is 5.69 Å². The Morgan fingerprint density at radius 3 is 2.88 bits per heavy atom.